The molecule has 27 heavy (non-hydrogen) atoms. The smallest absolute Gasteiger partial charge is 0.260 e. The van der Waals surface area contributed by atoms with Gasteiger partial charge >= 0.3 is 0 Å². The first-order valence-electron chi connectivity index (χ1n) is 9.44. The van der Waals surface area contributed by atoms with Crippen molar-refractivity contribution in [2.45, 2.75) is 51.9 Å². The van der Waals surface area contributed by atoms with Crippen molar-refractivity contribution in [3.63, 3.8) is 0 Å². The normalized spacial score (nSPS) is 12.5. The van der Waals surface area contributed by atoms with Gasteiger partial charge in [-0.1, -0.05) is 57.2 Å². The average Bonchev–Trinajstić information content (AvgIpc) is 2.62. The van der Waals surface area contributed by atoms with E-state index >= 15 is 0 Å². The summed E-state index contributed by atoms with van der Waals surface area (Å²) >= 11 is 1.83. The van der Waals surface area contributed by atoms with Crippen LogP contribution in [-0.4, -0.2) is 24.3 Å². The molecule has 0 bridgehead atoms. The van der Waals surface area contributed by atoms with Crippen LogP contribution in [0.5, 0.6) is 5.75 Å². The molecule has 0 aliphatic heterocycles. The summed E-state index contributed by atoms with van der Waals surface area (Å²) in [5, 5.41) is 2.95. The van der Waals surface area contributed by atoms with Crippen molar-refractivity contribution in [2.75, 3.05) is 12.3 Å². The molecule has 0 aliphatic carbocycles. The summed E-state index contributed by atoms with van der Waals surface area (Å²) in [6.45, 7) is 11.1. The van der Waals surface area contributed by atoms with E-state index in [1.165, 1.54) is 16.7 Å². The fourth-order valence-corrected chi connectivity index (χ4v) is 3.57. The third kappa shape index (κ3) is 6.94. The van der Waals surface area contributed by atoms with Crippen molar-refractivity contribution >= 4 is 17.7 Å². The average molecular weight is 386 g/mol. The van der Waals surface area contributed by atoms with Gasteiger partial charge in [-0.15, -0.1) is 0 Å². The van der Waals surface area contributed by atoms with Gasteiger partial charge in [0.1, 0.15) is 5.75 Å². The lowest BCUT2D eigenvalue weighted by Gasteiger charge is -2.20. The number of ether oxygens (including phenoxy) is 1. The lowest BCUT2D eigenvalue weighted by Crippen LogP contribution is -2.37. The topological polar surface area (TPSA) is 38.3 Å². The van der Waals surface area contributed by atoms with E-state index in [-0.39, 0.29) is 11.3 Å². The van der Waals surface area contributed by atoms with Gasteiger partial charge in [-0.25, -0.2) is 0 Å². The molecule has 0 heterocycles. The Balaban J connectivity index is 1.70. The molecule has 2 aromatic carbocycles. The van der Waals surface area contributed by atoms with Crippen molar-refractivity contribution in [1.82, 2.24) is 5.32 Å². The first-order valence-corrected chi connectivity index (χ1v) is 10.6. The molecule has 4 heteroatoms. The van der Waals surface area contributed by atoms with Crippen LogP contribution in [0.2, 0.25) is 0 Å². The second-order valence-corrected chi connectivity index (χ2v) is 8.91. The summed E-state index contributed by atoms with van der Waals surface area (Å²) in [6.07, 6.45) is -0.508. The fraction of sp³-hybridized carbons (Fsp3) is 0.435. The summed E-state index contributed by atoms with van der Waals surface area (Å²) in [5.41, 5.74) is 4.02. The number of hydrogen-bond donors (Lipinski definition) is 1. The number of rotatable bonds is 8. The van der Waals surface area contributed by atoms with Gasteiger partial charge in [0.25, 0.3) is 5.91 Å². The highest BCUT2D eigenvalue weighted by molar-refractivity contribution is 7.98. The van der Waals surface area contributed by atoms with E-state index in [9.17, 15) is 4.79 Å². The zero-order valence-electron chi connectivity index (χ0n) is 17.0. The highest BCUT2D eigenvalue weighted by atomic mass is 32.2. The van der Waals surface area contributed by atoms with Crippen LogP contribution >= 0.6 is 11.8 Å². The number of aryl methyl sites for hydroxylation is 1. The van der Waals surface area contributed by atoms with Gasteiger partial charge in [-0.3, -0.25) is 4.79 Å². The van der Waals surface area contributed by atoms with E-state index in [1.54, 1.807) is 6.92 Å². The maximum atomic E-state index is 12.2. The molecule has 0 saturated heterocycles. The molecule has 146 valence electrons. The second kappa shape index (κ2) is 9.84. The molecule has 2 rings (SSSR count). The molecule has 1 amide bonds. The quantitative estimate of drug-likeness (QED) is 0.642. The minimum atomic E-state index is -0.508. The second-order valence-electron chi connectivity index (χ2n) is 7.80. The molecule has 0 fully saturated rings. The molecule has 0 aromatic heterocycles. The molecule has 1 unspecified atom stereocenters. The van der Waals surface area contributed by atoms with Crippen LogP contribution in [0.15, 0.2) is 48.5 Å². The van der Waals surface area contributed by atoms with E-state index in [0.29, 0.717) is 6.54 Å². The number of benzene rings is 2. The van der Waals surface area contributed by atoms with Crippen LogP contribution in [0.3, 0.4) is 0 Å². The summed E-state index contributed by atoms with van der Waals surface area (Å²) < 4.78 is 5.77. The third-order valence-electron chi connectivity index (χ3n) is 4.47. The van der Waals surface area contributed by atoms with Crippen LogP contribution in [0.1, 0.15) is 44.4 Å². The Morgan fingerprint density at radius 2 is 1.78 bits per heavy atom. The predicted octanol–water partition coefficient (Wildman–Crippen LogP) is 5.11. The van der Waals surface area contributed by atoms with Crippen molar-refractivity contribution in [3.05, 3.63) is 65.2 Å². The van der Waals surface area contributed by atoms with E-state index in [1.807, 2.05) is 23.9 Å². The number of amides is 1. The minimum absolute atomic E-state index is 0.0774. The Hall–Kier alpha value is -1.94. The van der Waals surface area contributed by atoms with Crippen LogP contribution in [0, 0.1) is 6.92 Å². The summed E-state index contributed by atoms with van der Waals surface area (Å²) in [6, 6.07) is 16.4. The highest BCUT2D eigenvalue weighted by Crippen LogP contribution is 2.24. The zero-order chi connectivity index (χ0) is 19.9. The van der Waals surface area contributed by atoms with Gasteiger partial charge in [0.15, 0.2) is 6.10 Å². The van der Waals surface area contributed by atoms with Gasteiger partial charge in [0.05, 0.1) is 0 Å². The molecule has 0 aliphatic rings. The lowest BCUT2D eigenvalue weighted by atomic mass is 9.87. The molecule has 1 N–H and O–H groups in total. The molecular formula is C23H31NO2S. The molecule has 0 saturated carbocycles. The van der Waals surface area contributed by atoms with Crippen molar-refractivity contribution in [3.8, 4) is 5.75 Å². The van der Waals surface area contributed by atoms with Gasteiger partial charge in [0.2, 0.25) is 0 Å². The standard InChI is InChI=1S/C23H31NO2S/c1-17-8-6-7-9-19(17)16-27-15-14-24-22(25)18(2)26-21-12-10-20(11-13-21)23(3,4)5/h6-13,18H,14-16H2,1-5H3,(H,24,25). The number of hydrogen-bond acceptors (Lipinski definition) is 3. The van der Waals surface area contributed by atoms with Gasteiger partial charge < -0.3 is 10.1 Å². The highest BCUT2D eigenvalue weighted by Gasteiger charge is 2.16. The Morgan fingerprint density at radius 3 is 2.41 bits per heavy atom. The van der Waals surface area contributed by atoms with E-state index in [2.05, 4.69) is 69.4 Å². The predicted molar refractivity (Wildman–Crippen MR) is 116 cm³/mol. The Bertz CT molecular complexity index is 735. The number of nitrogens with one attached hydrogen (secondary N) is 1. The maximum Gasteiger partial charge on any atom is 0.260 e. The third-order valence-corrected chi connectivity index (χ3v) is 5.47. The van der Waals surface area contributed by atoms with Crippen molar-refractivity contribution in [1.29, 1.82) is 0 Å². The summed E-state index contributed by atoms with van der Waals surface area (Å²) in [7, 11) is 0. The Morgan fingerprint density at radius 1 is 1.11 bits per heavy atom. The van der Waals surface area contributed by atoms with E-state index in [4.69, 9.17) is 4.74 Å². The fourth-order valence-electron chi connectivity index (χ4n) is 2.64. The van der Waals surface area contributed by atoms with Gasteiger partial charge in [-0.2, -0.15) is 11.8 Å². The van der Waals surface area contributed by atoms with Crippen molar-refractivity contribution < 1.29 is 9.53 Å². The Kier molecular flexibility index (Phi) is 7.78. The summed E-state index contributed by atoms with van der Waals surface area (Å²) in [4.78, 5) is 12.2. The maximum absolute atomic E-state index is 12.2. The molecule has 1 atom stereocenters. The first kappa shape index (κ1) is 21.4. The SMILES string of the molecule is Cc1ccccc1CSCCNC(=O)C(C)Oc1ccc(C(C)(C)C)cc1. The van der Waals surface area contributed by atoms with Crippen LogP contribution < -0.4 is 10.1 Å². The lowest BCUT2D eigenvalue weighted by molar-refractivity contribution is -0.127. The van der Waals surface area contributed by atoms with E-state index in [0.717, 1.165) is 17.3 Å². The molecule has 2 aromatic rings. The van der Waals surface area contributed by atoms with Gasteiger partial charge in [0, 0.05) is 18.1 Å². The minimum Gasteiger partial charge on any atom is -0.481 e. The van der Waals surface area contributed by atoms with Crippen LogP contribution in [0.25, 0.3) is 0 Å². The largest absolute Gasteiger partial charge is 0.481 e. The molecule has 0 spiro atoms. The van der Waals surface area contributed by atoms with E-state index < -0.39 is 6.10 Å². The molecular weight excluding hydrogens is 354 g/mol. The van der Waals surface area contributed by atoms with Crippen LogP contribution in [0.4, 0.5) is 0 Å². The van der Waals surface area contributed by atoms with Gasteiger partial charge in [-0.05, 0) is 48.1 Å². The first-order chi connectivity index (χ1) is 12.8. The van der Waals surface area contributed by atoms with Crippen molar-refractivity contribution in [2.24, 2.45) is 0 Å². The zero-order valence-corrected chi connectivity index (χ0v) is 17.9. The van der Waals surface area contributed by atoms with Crippen LogP contribution in [-0.2, 0) is 16.0 Å². The number of carbonyl (C=O) groups is 1. The monoisotopic (exact) mass is 385 g/mol. The molecule has 3 nitrogen and oxygen atoms in total. The molecule has 0 radical (unpaired) electrons. The summed E-state index contributed by atoms with van der Waals surface area (Å²) in [5.74, 6) is 2.49. The number of thioether (sulfide) groups is 1. The number of carbonyl (C=O) groups excluding carboxylic acids is 1. The Labute approximate surface area is 167 Å².